The van der Waals surface area contributed by atoms with Crippen LogP contribution in [0.4, 0.5) is 28.4 Å². The summed E-state index contributed by atoms with van der Waals surface area (Å²) in [7, 11) is 0. The highest BCUT2D eigenvalue weighted by Gasteiger charge is 2.08. The van der Waals surface area contributed by atoms with Crippen LogP contribution in [0.1, 0.15) is 64.9 Å². The van der Waals surface area contributed by atoms with Gasteiger partial charge in [0, 0.05) is 28.8 Å². The Hall–Kier alpha value is -3.79. The molecule has 4 heteroatoms. The van der Waals surface area contributed by atoms with Crippen LogP contribution in [0.25, 0.3) is 0 Å². The topological polar surface area (TPSA) is 48.5 Å². The number of anilines is 4. The molecule has 0 aliphatic heterocycles. The molecule has 0 bridgehead atoms. The Bertz CT molecular complexity index is 1200. The van der Waals surface area contributed by atoms with Crippen LogP contribution in [0.5, 0.6) is 0 Å². The minimum absolute atomic E-state index is 0.136. The van der Waals surface area contributed by atoms with Crippen LogP contribution >= 0.6 is 0 Å². The molecule has 0 heterocycles. The van der Waals surface area contributed by atoms with E-state index >= 15 is 0 Å². The Labute approximate surface area is 229 Å². The van der Waals surface area contributed by atoms with Gasteiger partial charge in [0.1, 0.15) is 0 Å². The molecule has 0 unspecified atom stereocenters. The van der Waals surface area contributed by atoms with Gasteiger partial charge in [-0.2, -0.15) is 0 Å². The Kier molecular flexibility index (Phi) is 9.80. The van der Waals surface area contributed by atoms with Gasteiger partial charge in [0.25, 0.3) is 0 Å². The lowest BCUT2D eigenvalue weighted by atomic mass is 9.94. The van der Waals surface area contributed by atoms with Crippen molar-refractivity contribution in [1.82, 2.24) is 0 Å². The smallest absolute Gasteiger partial charge is 0.0638 e. The first kappa shape index (κ1) is 27.3. The lowest BCUT2D eigenvalue weighted by Crippen LogP contribution is -2.17. The maximum absolute atomic E-state index is 4.78. The normalized spacial score (nSPS) is 14.7. The van der Waals surface area contributed by atoms with E-state index in [-0.39, 0.29) is 6.04 Å². The average molecular weight is 507 g/mol. The zero-order valence-electron chi connectivity index (χ0n) is 23.2. The molecule has 198 valence electrons. The van der Waals surface area contributed by atoms with E-state index in [9.17, 15) is 0 Å². The zero-order chi connectivity index (χ0) is 26.7. The van der Waals surface area contributed by atoms with Gasteiger partial charge in [-0.1, -0.05) is 52.0 Å². The van der Waals surface area contributed by atoms with Crippen LogP contribution in [-0.2, 0) is 0 Å². The van der Waals surface area contributed by atoms with E-state index in [2.05, 4.69) is 141 Å². The van der Waals surface area contributed by atoms with Gasteiger partial charge in [0.2, 0.25) is 0 Å². The third-order valence-electron chi connectivity index (χ3n) is 7.31. The fourth-order valence-corrected chi connectivity index (χ4v) is 4.81. The standard InChI is InChI=1S/C34H42N4/c1-5-25(6-2)26-9-11-28(12-10-26)36-30-17-19-32(20-18-30)38-34-23-21-33(22-24-34)37-31-15-13-29(14-16-31)35-27(7-3)8-4/h9-25,27,34-36,38H,5-8H2,1-4H3. The molecule has 3 aromatic carbocycles. The summed E-state index contributed by atoms with van der Waals surface area (Å²) in [5, 5.41) is 10.6. The molecular formula is C34H42N4. The van der Waals surface area contributed by atoms with Gasteiger partial charge < -0.3 is 16.0 Å². The molecule has 4 rings (SSSR count). The first-order valence-electron chi connectivity index (χ1n) is 14.1. The average Bonchev–Trinajstić information content (AvgIpc) is 2.96. The molecule has 0 saturated carbocycles. The molecule has 1 aliphatic carbocycles. The molecule has 3 aromatic rings. The van der Waals surface area contributed by atoms with Crippen molar-refractivity contribution in [3.63, 3.8) is 0 Å². The zero-order valence-corrected chi connectivity index (χ0v) is 23.2. The lowest BCUT2D eigenvalue weighted by molar-refractivity contribution is 0.642. The van der Waals surface area contributed by atoms with Gasteiger partial charge in [-0.05, 0) is 110 Å². The van der Waals surface area contributed by atoms with Crippen LogP contribution in [-0.4, -0.2) is 17.8 Å². The van der Waals surface area contributed by atoms with Gasteiger partial charge in [-0.25, -0.2) is 4.99 Å². The van der Waals surface area contributed by atoms with Crippen molar-refractivity contribution in [1.29, 1.82) is 0 Å². The van der Waals surface area contributed by atoms with Gasteiger partial charge in [0.05, 0.1) is 17.4 Å². The minimum Gasteiger partial charge on any atom is -0.382 e. The van der Waals surface area contributed by atoms with Gasteiger partial charge >= 0.3 is 0 Å². The van der Waals surface area contributed by atoms with Crippen LogP contribution < -0.4 is 16.0 Å². The molecule has 0 atom stereocenters. The minimum atomic E-state index is 0.136. The Morgan fingerprint density at radius 2 is 1.16 bits per heavy atom. The molecular weight excluding hydrogens is 464 g/mol. The Morgan fingerprint density at radius 3 is 1.71 bits per heavy atom. The van der Waals surface area contributed by atoms with Crippen molar-refractivity contribution in [2.45, 2.75) is 71.4 Å². The molecule has 0 radical (unpaired) electrons. The van der Waals surface area contributed by atoms with Crippen LogP contribution in [0.2, 0.25) is 0 Å². The third-order valence-corrected chi connectivity index (χ3v) is 7.31. The van der Waals surface area contributed by atoms with Gasteiger partial charge in [0.15, 0.2) is 0 Å². The van der Waals surface area contributed by atoms with Crippen LogP contribution in [0.15, 0.2) is 102 Å². The SMILES string of the molecule is CCC(CC)Nc1ccc(N=C2C=CC(Nc3ccc(Nc4ccc(C(CC)CC)cc4)cc3)C=C2)cc1. The van der Waals surface area contributed by atoms with Crippen molar-refractivity contribution < 1.29 is 0 Å². The third kappa shape index (κ3) is 7.61. The summed E-state index contributed by atoms with van der Waals surface area (Å²) in [6.45, 7) is 8.95. The van der Waals surface area contributed by atoms with E-state index < -0.39 is 0 Å². The van der Waals surface area contributed by atoms with E-state index in [1.807, 2.05) is 0 Å². The summed E-state index contributed by atoms with van der Waals surface area (Å²) in [5.41, 5.74) is 7.77. The second-order valence-corrected chi connectivity index (χ2v) is 9.97. The Balaban J connectivity index is 1.28. The first-order valence-corrected chi connectivity index (χ1v) is 14.1. The summed E-state index contributed by atoms with van der Waals surface area (Å²) >= 11 is 0. The number of hydrogen-bond acceptors (Lipinski definition) is 4. The van der Waals surface area contributed by atoms with Crippen molar-refractivity contribution in [3.8, 4) is 0 Å². The highest BCUT2D eigenvalue weighted by molar-refractivity contribution is 6.06. The summed E-state index contributed by atoms with van der Waals surface area (Å²) in [4.78, 5) is 4.78. The van der Waals surface area contributed by atoms with E-state index in [0.29, 0.717) is 12.0 Å². The summed E-state index contributed by atoms with van der Waals surface area (Å²) in [5.74, 6) is 0.646. The monoisotopic (exact) mass is 506 g/mol. The lowest BCUT2D eigenvalue weighted by Gasteiger charge is -2.17. The largest absolute Gasteiger partial charge is 0.382 e. The predicted molar refractivity (Wildman–Crippen MR) is 167 cm³/mol. The van der Waals surface area contributed by atoms with E-state index in [4.69, 9.17) is 4.99 Å². The number of benzene rings is 3. The highest BCUT2D eigenvalue weighted by Crippen LogP contribution is 2.26. The van der Waals surface area contributed by atoms with E-state index in [1.54, 1.807) is 0 Å². The molecule has 1 aliphatic rings. The van der Waals surface area contributed by atoms with Crippen molar-refractivity contribution in [2.24, 2.45) is 4.99 Å². The maximum Gasteiger partial charge on any atom is 0.0638 e. The molecule has 3 N–H and O–H groups in total. The number of rotatable bonds is 12. The van der Waals surface area contributed by atoms with Crippen LogP contribution in [0.3, 0.4) is 0 Å². The fraction of sp³-hybridized carbons (Fsp3) is 0.324. The van der Waals surface area contributed by atoms with E-state index in [1.165, 1.54) is 18.4 Å². The Morgan fingerprint density at radius 1 is 0.632 bits per heavy atom. The van der Waals surface area contributed by atoms with Gasteiger partial charge in [-0.3, -0.25) is 0 Å². The molecule has 38 heavy (non-hydrogen) atoms. The molecule has 0 saturated heterocycles. The predicted octanol–water partition coefficient (Wildman–Crippen LogP) is 9.61. The highest BCUT2D eigenvalue weighted by atomic mass is 14.9. The van der Waals surface area contributed by atoms with Gasteiger partial charge in [-0.15, -0.1) is 0 Å². The first-order chi connectivity index (χ1) is 18.6. The fourth-order valence-electron chi connectivity index (χ4n) is 4.81. The summed E-state index contributed by atoms with van der Waals surface area (Å²) in [6.07, 6.45) is 13.1. The summed E-state index contributed by atoms with van der Waals surface area (Å²) < 4.78 is 0. The summed E-state index contributed by atoms with van der Waals surface area (Å²) in [6, 6.07) is 26.3. The van der Waals surface area contributed by atoms with Crippen molar-refractivity contribution >= 4 is 34.1 Å². The second kappa shape index (κ2) is 13.7. The molecule has 4 nitrogen and oxygen atoms in total. The number of nitrogens with one attached hydrogen (secondary N) is 3. The quantitative estimate of drug-likeness (QED) is 0.229. The number of allylic oxidation sites excluding steroid dienone is 2. The molecule has 0 fully saturated rings. The molecule has 0 aromatic heterocycles. The molecule has 0 spiro atoms. The number of aliphatic imine (C=N–C) groups is 1. The van der Waals surface area contributed by atoms with Crippen molar-refractivity contribution in [3.05, 3.63) is 103 Å². The van der Waals surface area contributed by atoms with E-state index in [0.717, 1.165) is 47.0 Å². The van der Waals surface area contributed by atoms with Crippen molar-refractivity contribution in [2.75, 3.05) is 16.0 Å². The maximum atomic E-state index is 4.78. The number of hydrogen-bond donors (Lipinski definition) is 3. The number of nitrogens with zero attached hydrogens (tertiary/aromatic N) is 1. The van der Waals surface area contributed by atoms with Crippen LogP contribution in [0, 0.1) is 0 Å². The molecule has 0 amide bonds. The second-order valence-electron chi connectivity index (χ2n) is 9.97.